The van der Waals surface area contributed by atoms with Crippen LogP contribution in [-0.4, -0.2) is 44.6 Å². The van der Waals surface area contributed by atoms with Crippen LogP contribution in [0.3, 0.4) is 0 Å². The molecule has 2 aromatic carbocycles. The molecule has 0 bridgehead atoms. The van der Waals surface area contributed by atoms with Gasteiger partial charge in [0.05, 0.1) is 21.3 Å². The van der Waals surface area contributed by atoms with E-state index in [0.29, 0.717) is 34.4 Å². The van der Waals surface area contributed by atoms with Crippen LogP contribution in [-0.2, 0) is 4.79 Å². The summed E-state index contributed by atoms with van der Waals surface area (Å²) >= 11 is 5.92. The Hall–Kier alpha value is -2.73. The van der Waals surface area contributed by atoms with Crippen LogP contribution in [0.2, 0.25) is 5.02 Å². The molecule has 0 spiro atoms. The number of hydrogen-bond donors (Lipinski definition) is 0. The predicted molar refractivity (Wildman–Crippen MR) is 101 cm³/mol. The zero-order valence-electron chi connectivity index (χ0n) is 15.3. The van der Waals surface area contributed by atoms with Gasteiger partial charge >= 0.3 is 0 Å². The molecule has 142 valence electrons. The second kappa shape index (κ2) is 7.88. The van der Waals surface area contributed by atoms with Gasteiger partial charge in [-0.3, -0.25) is 14.5 Å². The average molecular weight is 390 g/mol. The quantitative estimate of drug-likeness (QED) is 0.732. The smallest absolute Gasteiger partial charge is 0.260 e. The Kier molecular flexibility index (Phi) is 5.56. The lowest BCUT2D eigenvalue weighted by Gasteiger charge is -2.18. The van der Waals surface area contributed by atoms with Gasteiger partial charge in [-0.15, -0.1) is 0 Å². The second-order valence-corrected chi connectivity index (χ2v) is 6.61. The molecular formula is C20H20ClNO5. The first-order valence-electron chi connectivity index (χ1n) is 8.38. The van der Waals surface area contributed by atoms with Crippen LogP contribution in [0.4, 0.5) is 0 Å². The molecule has 1 heterocycles. The topological polar surface area (TPSA) is 65.1 Å². The number of ether oxygens (including phenoxy) is 3. The fourth-order valence-electron chi connectivity index (χ4n) is 3.22. The molecule has 0 N–H and O–H groups in total. The number of amides is 2. The van der Waals surface area contributed by atoms with Crippen molar-refractivity contribution in [1.82, 2.24) is 4.90 Å². The molecular weight excluding hydrogens is 370 g/mol. The number of hydrogen-bond acceptors (Lipinski definition) is 5. The summed E-state index contributed by atoms with van der Waals surface area (Å²) < 4.78 is 15.8. The highest BCUT2D eigenvalue weighted by molar-refractivity contribution is 6.30. The number of nitrogens with zero attached hydrogens (tertiary/aromatic N) is 1. The summed E-state index contributed by atoms with van der Waals surface area (Å²) in [5.74, 6) is 0.454. The third-order valence-corrected chi connectivity index (χ3v) is 4.88. The molecule has 1 fully saturated rings. The van der Waals surface area contributed by atoms with Gasteiger partial charge in [0.15, 0.2) is 11.5 Å². The minimum atomic E-state index is -0.393. The molecule has 27 heavy (non-hydrogen) atoms. The van der Waals surface area contributed by atoms with Gasteiger partial charge in [0.2, 0.25) is 11.7 Å². The van der Waals surface area contributed by atoms with Crippen LogP contribution in [0.15, 0.2) is 36.4 Å². The van der Waals surface area contributed by atoms with Crippen LogP contribution >= 0.6 is 11.6 Å². The van der Waals surface area contributed by atoms with Crippen molar-refractivity contribution >= 4 is 23.4 Å². The first-order chi connectivity index (χ1) is 13.0. The number of halogens is 1. The van der Waals surface area contributed by atoms with E-state index < -0.39 is 5.91 Å². The van der Waals surface area contributed by atoms with Gasteiger partial charge in [0.1, 0.15) is 0 Å². The van der Waals surface area contributed by atoms with E-state index in [1.54, 1.807) is 24.3 Å². The van der Waals surface area contributed by atoms with Crippen LogP contribution < -0.4 is 14.2 Å². The van der Waals surface area contributed by atoms with E-state index in [1.807, 2.05) is 12.1 Å². The highest BCUT2D eigenvalue weighted by atomic mass is 35.5. The van der Waals surface area contributed by atoms with Crippen LogP contribution in [0.25, 0.3) is 0 Å². The van der Waals surface area contributed by atoms with Crippen molar-refractivity contribution < 1.29 is 23.8 Å². The Morgan fingerprint density at radius 1 is 1.04 bits per heavy atom. The molecule has 7 heteroatoms. The van der Waals surface area contributed by atoms with E-state index in [9.17, 15) is 9.59 Å². The summed E-state index contributed by atoms with van der Waals surface area (Å²) in [5.41, 5.74) is 1.28. The van der Waals surface area contributed by atoms with Crippen LogP contribution in [0, 0.1) is 0 Å². The van der Waals surface area contributed by atoms with Gasteiger partial charge in [-0.2, -0.15) is 0 Å². The molecule has 1 unspecified atom stereocenters. The summed E-state index contributed by atoms with van der Waals surface area (Å²) in [6.45, 7) is 0.315. The van der Waals surface area contributed by atoms with Gasteiger partial charge in [-0.05, 0) is 29.8 Å². The monoisotopic (exact) mass is 389 g/mol. The van der Waals surface area contributed by atoms with E-state index in [4.69, 9.17) is 25.8 Å². The molecule has 2 amide bonds. The van der Waals surface area contributed by atoms with Crippen LogP contribution in [0.5, 0.6) is 17.2 Å². The maximum atomic E-state index is 13.0. The van der Waals surface area contributed by atoms with Gasteiger partial charge < -0.3 is 14.2 Å². The van der Waals surface area contributed by atoms with Crippen molar-refractivity contribution in [3.05, 3.63) is 52.5 Å². The normalized spacial score (nSPS) is 16.4. The molecule has 1 saturated heterocycles. The molecule has 1 aliphatic heterocycles. The minimum Gasteiger partial charge on any atom is -0.493 e. The molecule has 0 saturated carbocycles. The number of likely N-dealkylation sites (tertiary alicyclic amines) is 1. The number of methoxy groups -OCH3 is 3. The molecule has 0 aliphatic carbocycles. The van der Waals surface area contributed by atoms with E-state index >= 15 is 0 Å². The summed E-state index contributed by atoms with van der Waals surface area (Å²) in [4.78, 5) is 26.7. The van der Waals surface area contributed by atoms with Crippen molar-refractivity contribution in [2.75, 3.05) is 27.9 Å². The Labute approximate surface area is 162 Å². The number of rotatable bonds is 5. The summed E-state index contributed by atoms with van der Waals surface area (Å²) in [7, 11) is 4.44. The van der Waals surface area contributed by atoms with Gasteiger partial charge in [0, 0.05) is 29.5 Å². The number of carbonyl (C=O) groups excluding carboxylic acids is 2. The van der Waals surface area contributed by atoms with E-state index in [-0.39, 0.29) is 18.2 Å². The third kappa shape index (κ3) is 3.71. The van der Waals surface area contributed by atoms with Crippen molar-refractivity contribution in [2.24, 2.45) is 0 Å². The Bertz CT molecular complexity index is 840. The number of benzene rings is 2. The maximum Gasteiger partial charge on any atom is 0.260 e. The first-order valence-corrected chi connectivity index (χ1v) is 8.76. The molecule has 0 radical (unpaired) electrons. The standard InChI is InChI=1S/C20H20ClNO5/c1-25-16-8-13(9-17(26-2)19(16)27-3)20(24)22-11-14(10-18(22)23)12-4-6-15(21)7-5-12/h4-9,14H,10-11H2,1-3H3. The molecule has 2 aromatic rings. The number of imide groups is 1. The maximum absolute atomic E-state index is 13.0. The van der Waals surface area contributed by atoms with Crippen molar-refractivity contribution in [3.63, 3.8) is 0 Å². The van der Waals surface area contributed by atoms with Crippen molar-refractivity contribution in [3.8, 4) is 17.2 Å². The average Bonchev–Trinajstić information content (AvgIpc) is 3.08. The summed E-state index contributed by atoms with van der Waals surface area (Å²) in [5, 5.41) is 0.633. The molecule has 1 atom stereocenters. The van der Waals surface area contributed by atoms with Gasteiger partial charge in [-0.1, -0.05) is 23.7 Å². The zero-order valence-corrected chi connectivity index (χ0v) is 16.1. The largest absolute Gasteiger partial charge is 0.493 e. The lowest BCUT2D eigenvalue weighted by Crippen LogP contribution is -2.32. The predicted octanol–water partition coefficient (Wildman–Crippen LogP) is 3.52. The third-order valence-electron chi connectivity index (χ3n) is 4.62. The fraction of sp³-hybridized carbons (Fsp3) is 0.300. The molecule has 0 aromatic heterocycles. The van der Waals surface area contributed by atoms with Crippen molar-refractivity contribution in [1.29, 1.82) is 0 Å². The zero-order chi connectivity index (χ0) is 19.6. The molecule has 1 aliphatic rings. The number of carbonyl (C=O) groups is 2. The lowest BCUT2D eigenvalue weighted by molar-refractivity contribution is -0.125. The Morgan fingerprint density at radius 3 is 2.15 bits per heavy atom. The highest BCUT2D eigenvalue weighted by Crippen LogP contribution is 2.39. The van der Waals surface area contributed by atoms with E-state index in [0.717, 1.165) is 5.56 Å². The van der Waals surface area contributed by atoms with Gasteiger partial charge in [0.25, 0.3) is 5.91 Å². The van der Waals surface area contributed by atoms with E-state index in [2.05, 4.69) is 0 Å². The Morgan fingerprint density at radius 2 is 1.63 bits per heavy atom. The van der Waals surface area contributed by atoms with Crippen LogP contribution in [0.1, 0.15) is 28.3 Å². The molecule has 6 nitrogen and oxygen atoms in total. The first kappa shape index (κ1) is 19.0. The summed E-state index contributed by atoms with van der Waals surface area (Å²) in [6.07, 6.45) is 0.276. The molecule has 3 rings (SSSR count). The SMILES string of the molecule is COc1cc(C(=O)N2CC(c3ccc(Cl)cc3)CC2=O)cc(OC)c1OC. The fourth-order valence-corrected chi connectivity index (χ4v) is 3.35. The second-order valence-electron chi connectivity index (χ2n) is 6.18. The highest BCUT2D eigenvalue weighted by Gasteiger charge is 2.35. The van der Waals surface area contributed by atoms with E-state index in [1.165, 1.54) is 26.2 Å². The summed E-state index contributed by atoms with van der Waals surface area (Å²) in [6, 6.07) is 10.4. The lowest BCUT2D eigenvalue weighted by atomic mass is 9.98. The van der Waals surface area contributed by atoms with Crippen molar-refractivity contribution in [2.45, 2.75) is 12.3 Å². The van der Waals surface area contributed by atoms with Gasteiger partial charge in [-0.25, -0.2) is 0 Å². The Balaban J connectivity index is 1.87. The minimum absolute atomic E-state index is 0.0549.